The van der Waals surface area contributed by atoms with Crippen LogP contribution in [0.5, 0.6) is 0 Å². The standard InChI is InChI=1S/C13H14BrFO2/c14-10-3-4-13(15)9(6-10)7-11(16)8-12-2-1-5-17-12/h3-4,6,12H,1-2,5,7-8H2. The Morgan fingerprint density at radius 2 is 2.35 bits per heavy atom. The lowest BCUT2D eigenvalue weighted by molar-refractivity contribution is -0.120. The molecule has 1 aliphatic rings. The predicted molar refractivity (Wildman–Crippen MR) is 66.4 cm³/mol. The van der Waals surface area contributed by atoms with Crippen molar-refractivity contribution in [1.82, 2.24) is 0 Å². The van der Waals surface area contributed by atoms with Crippen molar-refractivity contribution in [1.29, 1.82) is 0 Å². The molecule has 0 spiro atoms. The molecule has 1 atom stereocenters. The van der Waals surface area contributed by atoms with E-state index in [0.29, 0.717) is 12.0 Å². The lowest BCUT2D eigenvalue weighted by Gasteiger charge is -2.08. The molecule has 0 aromatic heterocycles. The summed E-state index contributed by atoms with van der Waals surface area (Å²) in [6.07, 6.45) is 2.53. The number of ether oxygens (including phenoxy) is 1. The second-order valence-electron chi connectivity index (χ2n) is 4.29. The van der Waals surface area contributed by atoms with Crippen molar-refractivity contribution in [2.45, 2.75) is 31.8 Å². The Morgan fingerprint density at radius 1 is 1.53 bits per heavy atom. The fourth-order valence-corrected chi connectivity index (χ4v) is 2.43. The minimum Gasteiger partial charge on any atom is -0.378 e. The van der Waals surface area contributed by atoms with Gasteiger partial charge in [0.15, 0.2) is 0 Å². The summed E-state index contributed by atoms with van der Waals surface area (Å²) in [5.74, 6) is -0.289. The molecular weight excluding hydrogens is 287 g/mol. The first-order valence-electron chi connectivity index (χ1n) is 5.72. The molecule has 17 heavy (non-hydrogen) atoms. The number of carbonyl (C=O) groups is 1. The Morgan fingerprint density at radius 3 is 3.06 bits per heavy atom. The first-order chi connectivity index (χ1) is 8.15. The molecule has 1 saturated heterocycles. The van der Waals surface area contributed by atoms with Crippen LogP contribution < -0.4 is 0 Å². The number of Topliss-reactive ketones (excluding diaryl/α,β-unsaturated/α-hetero) is 1. The third-order valence-corrected chi connectivity index (χ3v) is 3.37. The second-order valence-corrected chi connectivity index (χ2v) is 5.21. The van der Waals surface area contributed by atoms with Crippen molar-refractivity contribution in [3.63, 3.8) is 0 Å². The van der Waals surface area contributed by atoms with E-state index in [4.69, 9.17) is 4.74 Å². The van der Waals surface area contributed by atoms with Gasteiger partial charge in [0.2, 0.25) is 0 Å². The molecule has 2 nitrogen and oxygen atoms in total. The van der Waals surface area contributed by atoms with Crippen LogP contribution in [0, 0.1) is 5.82 Å². The molecule has 4 heteroatoms. The zero-order valence-electron chi connectivity index (χ0n) is 9.42. The summed E-state index contributed by atoms with van der Waals surface area (Å²) in [4.78, 5) is 11.8. The van der Waals surface area contributed by atoms with Crippen molar-refractivity contribution in [3.05, 3.63) is 34.1 Å². The summed E-state index contributed by atoms with van der Waals surface area (Å²) in [5.41, 5.74) is 0.447. The molecular formula is C13H14BrFO2. The third kappa shape index (κ3) is 3.61. The van der Waals surface area contributed by atoms with E-state index in [1.165, 1.54) is 6.07 Å². The summed E-state index contributed by atoms with van der Waals surface area (Å²) >= 11 is 3.27. The van der Waals surface area contributed by atoms with Crippen LogP contribution >= 0.6 is 15.9 Å². The molecule has 1 heterocycles. The van der Waals surface area contributed by atoms with Gasteiger partial charge in [-0.2, -0.15) is 0 Å². The van der Waals surface area contributed by atoms with Crippen LogP contribution in [0.2, 0.25) is 0 Å². The van der Waals surface area contributed by atoms with Gasteiger partial charge in [-0.1, -0.05) is 15.9 Å². The topological polar surface area (TPSA) is 26.3 Å². The molecule has 0 N–H and O–H groups in total. The molecule has 0 amide bonds. The van der Waals surface area contributed by atoms with Crippen LogP contribution in [-0.4, -0.2) is 18.5 Å². The Bertz CT molecular complexity index is 414. The van der Waals surface area contributed by atoms with Gasteiger partial charge in [-0.05, 0) is 36.6 Å². The quantitative estimate of drug-likeness (QED) is 0.853. The maximum Gasteiger partial charge on any atom is 0.139 e. The van der Waals surface area contributed by atoms with E-state index in [1.54, 1.807) is 12.1 Å². The van der Waals surface area contributed by atoms with E-state index in [1.807, 2.05) is 0 Å². The third-order valence-electron chi connectivity index (χ3n) is 2.87. The summed E-state index contributed by atoms with van der Waals surface area (Å²) in [5, 5.41) is 0. The average Bonchev–Trinajstić information content (AvgIpc) is 2.76. The van der Waals surface area contributed by atoms with Crippen molar-refractivity contribution in [2.75, 3.05) is 6.61 Å². The molecule has 1 aromatic rings. The Kier molecular flexibility index (Phi) is 4.29. The van der Waals surface area contributed by atoms with Gasteiger partial charge < -0.3 is 4.74 Å². The molecule has 0 aliphatic carbocycles. The molecule has 0 bridgehead atoms. The number of rotatable bonds is 4. The minimum absolute atomic E-state index is 0.0360. The van der Waals surface area contributed by atoms with E-state index >= 15 is 0 Å². The largest absolute Gasteiger partial charge is 0.378 e. The molecule has 1 aromatic carbocycles. The van der Waals surface area contributed by atoms with Crippen molar-refractivity contribution in [3.8, 4) is 0 Å². The smallest absolute Gasteiger partial charge is 0.139 e. The molecule has 1 fully saturated rings. The monoisotopic (exact) mass is 300 g/mol. The summed E-state index contributed by atoms with van der Waals surface area (Å²) in [6, 6.07) is 4.66. The summed E-state index contributed by atoms with van der Waals surface area (Å²) in [7, 11) is 0. The van der Waals surface area contributed by atoms with Gasteiger partial charge in [-0.3, -0.25) is 4.79 Å². The van der Waals surface area contributed by atoms with Crippen LogP contribution in [0.1, 0.15) is 24.8 Å². The fraction of sp³-hybridized carbons (Fsp3) is 0.462. The number of benzene rings is 1. The molecule has 1 unspecified atom stereocenters. The summed E-state index contributed by atoms with van der Waals surface area (Å²) in [6.45, 7) is 0.739. The van der Waals surface area contributed by atoms with E-state index < -0.39 is 0 Å². The van der Waals surface area contributed by atoms with Gasteiger partial charge in [0, 0.05) is 23.9 Å². The fourth-order valence-electron chi connectivity index (χ4n) is 2.02. The van der Waals surface area contributed by atoms with Crippen molar-refractivity contribution < 1.29 is 13.9 Å². The Balaban J connectivity index is 1.95. The van der Waals surface area contributed by atoms with Crippen LogP contribution in [0.15, 0.2) is 22.7 Å². The van der Waals surface area contributed by atoms with E-state index in [0.717, 1.165) is 23.9 Å². The number of carbonyl (C=O) groups excluding carboxylic acids is 1. The van der Waals surface area contributed by atoms with Gasteiger partial charge in [0.05, 0.1) is 6.10 Å². The molecule has 1 aliphatic heterocycles. The maximum absolute atomic E-state index is 13.4. The molecule has 2 rings (SSSR count). The van der Waals surface area contributed by atoms with Gasteiger partial charge in [0.25, 0.3) is 0 Å². The zero-order valence-corrected chi connectivity index (χ0v) is 11.0. The van der Waals surface area contributed by atoms with Crippen LogP contribution in [0.3, 0.4) is 0 Å². The second kappa shape index (κ2) is 5.74. The minimum atomic E-state index is -0.325. The van der Waals surface area contributed by atoms with Gasteiger partial charge >= 0.3 is 0 Å². The average molecular weight is 301 g/mol. The van der Waals surface area contributed by atoms with Gasteiger partial charge in [0.1, 0.15) is 11.6 Å². The number of halogens is 2. The normalized spacial score (nSPS) is 19.5. The van der Waals surface area contributed by atoms with Crippen LogP contribution in [0.25, 0.3) is 0 Å². The van der Waals surface area contributed by atoms with Crippen LogP contribution in [-0.2, 0) is 16.0 Å². The lowest BCUT2D eigenvalue weighted by Crippen LogP contribution is -2.14. The lowest BCUT2D eigenvalue weighted by atomic mass is 10.0. The highest BCUT2D eigenvalue weighted by molar-refractivity contribution is 9.10. The van der Waals surface area contributed by atoms with Gasteiger partial charge in [-0.25, -0.2) is 4.39 Å². The molecule has 0 radical (unpaired) electrons. The number of hydrogen-bond donors (Lipinski definition) is 0. The Labute approximate surface area is 108 Å². The van der Waals surface area contributed by atoms with Crippen molar-refractivity contribution in [2.24, 2.45) is 0 Å². The van der Waals surface area contributed by atoms with E-state index in [-0.39, 0.29) is 24.1 Å². The Hall–Kier alpha value is -0.740. The van der Waals surface area contributed by atoms with E-state index in [2.05, 4.69) is 15.9 Å². The molecule has 92 valence electrons. The zero-order chi connectivity index (χ0) is 12.3. The summed E-state index contributed by atoms with van der Waals surface area (Å²) < 4.78 is 19.6. The first-order valence-corrected chi connectivity index (χ1v) is 6.51. The predicted octanol–water partition coefficient (Wildman–Crippen LogP) is 3.27. The maximum atomic E-state index is 13.4. The highest BCUT2D eigenvalue weighted by Crippen LogP contribution is 2.19. The number of ketones is 1. The van der Waals surface area contributed by atoms with Crippen molar-refractivity contribution >= 4 is 21.7 Å². The van der Waals surface area contributed by atoms with Crippen LogP contribution in [0.4, 0.5) is 4.39 Å². The highest BCUT2D eigenvalue weighted by Gasteiger charge is 2.19. The SMILES string of the molecule is O=C(Cc1cc(Br)ccc1F)CC1CCCO1. The molecule has 0 saturated carbocycles. The highest BCUT2D eigenvalue weighted by atomic mass is 79.9. The first kappa shape index (κ1) is 12.7. The number of hydrogen-bond acceptors (Lipinski definition) is 2. The van der Waals surface area contributed by atoms with Gasteiger partial charge in [-0.15, -0.1) is 0 Å². The van der Waals surface area contributed by atoms with E-state index in [9.17, 15) is 9.18 Å².